The number of nitrogens with one attached hydrogen (secondary N) is 1. The van der Waals surface area contributed by atoms with Crippen molar-refractivity contribution in [2.75, 3.05) is 20.0 Å². The number of carbonyl (C=O) groups is 1. The number of aliphatic hydroxyl groups excluding tert-OH is 1. The highest BCUT2D eigenvalue weighted by Crippen LogP contribution is 2.24. The van der Waals surface area contributed by atoms with Crippen molar-refractivity contribution in [2.45, 2.75) is 29.2 Å². The molecule has 0 aromatic heterocycles. The zero-order valence-electron chi connectivity index (χ0n) is 20.0. The lowest BCUT2D eigenvalue weighted by Crippen LogP contribution is -2.43. The molecule has 3 rings (SSSR count). The molecule has 3 aromatic carbocycles. The van der Waals surface area contributed by atoms with Gasteiger partial charge in [-0.05, 0) is 53.1 Å². The smallest absolute Gasteiger partial charge is 0.321 e. The van der Waals surface area contributed by atoms with Crippen LogP contribution in [0.25, 0.3) is 11.1 Å². The topological polar surface area (TPSA) is 122 Å². The van der Waals surface area contributed by atoms with Crippen molar-refractivity contribution in [2.24, 2.45) is 0 Å². The van der Waals surface area contributed by atoms with Crippen LogP contribution in [0.4, 0.5) is 0 Å². The number of ether oxygens (including phenoxy) is 2. The maximum absolute atomic E-state index is 12.8. The number of sulfonamides is 1. The average Bonchev–Trinajstić information content (AvgIpc) is 2.88. The van der Waals surface area contributed by atoms with E-state index in [0.29, 0.717) is 11.5 Å². The Morgan fingerprint density at radius 3 is 1.89 bits per heavy atom. The summed E-state index contributed by atoms with van der Waals surface area (Å²) >= 11 is 1.43. The lowest BCUT2D eigenvalue weighted by atomic mass is 10.1. The van der Waals surface area contributed by atoms with Gasteiger partial charge in [0.15, 0.2) is 0 Å². The molecule has 2 unspecified atom stereocenters. The SMILES string of the molecule is COc1ccc(CSCC(O)CC(NS(=O)(=O)c2ccc(-c3ccc(OC)cc3)cc2)C(=O)O)cc1. The number of rotatable bonds is 13. The highest BCUT2D eigenvalue weighted by Gasteiger charge is 2.27. The van der Waals surface area contributed by atoms with Crippen LogP contribution < -0.4 is 14.2 Å². The molecule has 36 heavy (non-hydrogen) atoms. The third-order valence-electron chi connectivity index (χ3n) is 5.43. The second kappa shape index (κ2) is 12.8. The molecule has 0 saturated carbocycles. The molecule has 0 spiro atoms. The Morgan fingerprint density at radius 2 is 1.39 bits per heavy atom. The monoisotopic (exact) mass is 531 g/mol. The molecule has 192 valence electrons. The van der Waals surface area contributed by atoms with Gasteiger partial charge in [0.05, 0.1) is 25.2 Å². The van der Waals surface area contributed by atoms with Crippen molar-refractivity contribution in [3.63, 3.8) is 0 Å². The standard InChI is InChI=1S/C26H29NO7S2/c1-33-22-9-3-18(4-10-22)16-35-17-21(28)15-25(26(29)30)27-36(31,32)24-13-7-20(8-14-24)19-5-11-23(34-2)12-6-19/h3-14,21,25,27-28H,15-17H2,1-2H3,(H,29,30). The second-order valence-electron chi connectivity index (χ2n) is 8.02. The quantitative estimate of drug-likeness (QED) is 0.305. The van der Waals surface area contributed by atoms with E-state index in [1.165, 1.54) is 23.9 Å². The van der Waals surface area contributed by atoms with Crippen LogP contribution in [0.2, 0.25) is 0 Å². The van der Waals surface area contributed by atoms with Crippen molar-refractivity contribution >= 4 is 27.8 Å². The lowest BCUT2D eigenvalue weighted by Gasteiger charge is -2.18. The Bertz CT molecular complexity index is 1230. The summed E-state index contributed by atoms with van der Waals surface area (Å²) in [6.07, 6.45) is -1.26. The van der Waals surface area contributed by atoms with E-state index in [-0.39, 0.29) is 17.1 Å². The Morgan fingerprint density at radius 1 is 0.889 bits per heavy atom. The number of aliphatic carboxylic acids is 1. The van der Waals surface area contributed by atoms with Crippen molar-refractivity contribution < 1.29 is 32.9 Å². The van der Waals surface area contributed by atoms with E-state index in [1.54, 1.807) is 38.5 Å². The van der Waals surface area contributed by atoms with Gasteiger partial charge in [-0.25, -0.2) is 8.42 Å². The van der Waals surface area contributed by atoms with E-state index in [1.807, 2.05) is 36.4 Å². The Balaban J connectivity index is 1.57. The fraction of sp³-hybridized carbons (Fsp3) is 0.269. The van der Waals surface area contributed by atoms with Gasteiger partial charge in [-0.15, -0.1) is 0 Å². The summed E-state index contributed by atoms with van der Waals surface area (Å²) in [5, 5.41) is 19.9. The molecule has 3 aromatic rings. The Hall–Kier alpha value is -3.05. The van der Waals surface area contributed by atoms with Gasteiger partial charge >= 0.3 is 5.97 Å². The minimum absolute atomic E-state index is 0.0608. The number of carboxylic acid groups (broad SMARTS) is 1. The molecule has 0 saturated heterocycles. The largest absolute Gasteiger partial charge is 0.497 e. The molecule has 0 aliphatic rings. The van der Waals surface area contributed by atoms with Gasteiger partial charge in [0.2, 0.25) is 10.0 Å². The molecule has 0 amide bonds. The predicted molar refractivity (Wildman–Crippen MR) is 140 cm³/mol. The molecule has 3 N–H and O–H groups in total. The van der Waals surface area contributed by atoms with Crippen LogP contribution in [0.15, 0.2) is 77.7 Å². The average molecular weight is 532 g/mol. The third kappa shape index (κ3) is 7.72. The van der Waals surface area contributed by atoms with Crippen LogP contribution >= 0.6 is 11.8 Å². The maximum atomic E-state index is 12.8. The van der Waals surface area contributed by atoms with E-state index >= 15 is 0 Å². The van der Waals surface area contributed by atoms with Crippen molar-refractivity contribution in [1.29, 1.82) is 0 Å². The number of thioether (sulfide) groups is 1. The summed E-state index contributed by atoms with van der Waals surface area (Å²) in [5.74, 6) is 0.977. The number of carboxylic acids is 1. The van der Waals surface area contributed by atoms with Gasteiger partial charge in [0, 0.05) is 17.9 Å². The minimum atomic E-state index is -4.11. The lowest BCUT2D eigenvalue weighted by molar-refractivity contribution is -0.139. The van der Waals surface area contributed by atoms with Gasteiger partial charge in [-0.2, -0.15) is 16.5 Å². The molecule has 0 bridgehead atoms. The molecule has 0 aliphatic heterocycles. The summed E-state index contributed by atoms with van der Waals surface area (Å²) in [4.78, 5) is 11.7. The number of hydrogen-bond acceptors (Lipinski definition) is 7. The summed E-state index contributed by atoms with van der Waals surface area (Å²) in [6.45, 7) is 0. The van der Waals surface area contributed by atoms with E-state index in [2.05, 4.69) is 4.72 Å². The van der Waals surface area contributed by atoms with Crippen molar-refractivity contribution in [1.82, 2.24) is 4.72 Å². The number of hydrogen-bond donors (Lipinski definition) is 3. The van der Waals surface area contributed by atoms with E-state index in [0.717, 1.165) is 22.4 Å². The molecule has 0 aliphatic carbocycles. The Labute approximate surface area is 215 Å². The summed E-state index contributed by atoms with van der Waals surface area (Å²) in [5.41, 5.74) is 2.71. The Kier molecular flexibility index (Phi) is 9.77. The van der Waals surface area contributed by atoms with Crippen LogP contribution in [0.1, 0.15) is 12.0 Å². The molecular weight excluding hydrogens is 502 g/mol. The van der Waals surface area contributed by atoms with Crippen molar-refractivity contribution in [3.8, 4) is 22.6 Å². The minimum Gasteiger partial charge on any atom is -0.497 e. The second-order valence-corrected chi connectivity index (χ2v) is 10.8. The first-order valence-corrected chi connectivity index (χ1v) is 13.7. The highest BCUT2D eigenvalue weighted by molar-refractivity contribution is 7.98. The van der Waals surface area contributed by atoms with Gasteiger partial charge < -0.3 is 19.7 Å². The van der Waals surface area contributed by atoms with Crippen LogP contribution in [-0.2, 0) is 20.6 Å². The van der Waals surface area contributed by atoms with Gasteiger partial charge in [0.25, 0.3) is 0 Å². The normalized spacial score (nSPS) is 13.1. The molecule has 10 heteroatoms. The van der Waals surface area contributed by atoms with E-state index in [4.69, 9.17) is 9.47 Å². The fourth-order valence-electron chi connectivity index (χ4n) is 3.44. The summed E-state index contributed by atoms with van der Waals surface area (Å²) in [6, 6.07) is 19.5. The molecular formula is C26H29NO7S2. The first-order chi connectivity index (χ1) is 17.2. The third-order valence-corrected chi connectivity index (χ3v) is 8.07. The van der Waals surface area contributed by atoms with Crippen LogP contribution in [0.5, 0.6) is 11.5 Å². The van der Waals surface area contributed by atoms with Crippen LogP contribution in [0.3, 0.4) is 0 Å². The van der Waals surface area contributed by atoms with Crippen LogP contribution in [0, 0.1) is 0 Å². The first kappa shape index (κ1) is 27.5. The molecule has 0 radical (unpaired) electrons. The fourth-order valence-corrected chi connectivity index (χ4v) is 5.60. The van der Waals surface area contributed by atoms with E-state index < -0.39 is 28.1 Å². The highest BCUT2D eigenvalue weighted by atomic mass is 32.2. The first-order valence-electron chi connectivity index (χ1n) is 11.1. The molecule has 2 atom stereocenters. The number of methoxy groups -OCH3 is 2. The van der Waals surface area contributed by atoms with E-state index in [9.17, 15) is 23.4 Å². The van der Waals surface area contributed by atoms with Crippen LogP contribution in [-0.4, -0.2) is 56.7 Å². The predicted octanol–water partition coefficient (Wildman–Crippen LogP) is 3.79. The zero-order valence-corrected chi connectivity index (χ0v) is 21.6. The molecule has 0 heterocycles. The molecule has 0 fully saturated rings. The summed E-state index contributed by atoms with van der Waals surface area (Å²) in [7, 11) is -0.947. The zero-order chi connectivity index (χ0) is 26.1. The maximum Gasteiger partial charge on any atom is 0.321 e. The van der Waals surface area contributed by atoms with Gasteiger partial charge in [0.1, 0.15) is 17.5 Å². The van der Waals surface area contributed by atoms with Gasteiger partial charge in [-0.3, -0.25) is 4.79 Å². The van der Waals surface area contributed by atoms with Gasteiger partial charge in [-0.1, -0.05) is 36.4 Å². The number of benzene rings is 3. The molecule has 8 nitrogen and oxygen atoms in total. The summed E-state index contributed by atoms with van der Waals surface area (Å²) < 4.78 is 38.1. The number of aliphatic hydroxyl groups is 1. The van der Waals surface area contributed by atoms with Crippen molar-refractivity contribution in [3.05, 3.63) is 78.4 Å².